The van der Waals surface area contributed by atoms with E-state index in [0.717, 1.165) is 36.4 Å². The molecule has 0 amide bonds. The number of nitrogens with one attached hydrogen (secondary N) is 1. The van der Waals surface area contributed by atoms with E-state index in [0.29, 0.717) is 19.3 Å². The summed E-state index contributed by atoms with van der Waals surface area (Å²) in [6.07, 6.45) is 4.35. The van der Waals surface area contributed by atoms with Crippen LogP contribution in [-0.2, 0) is 5.60 Å². The van der Waals surface area contributed by atoms with Crippen LogP contribution in [0.3, 0.4) is 0 Å². The molecule has 2 aliphatic heterocycles. The molecule has 110 valence electrons. The Morgan fingerprint density at radius 2 is 2.05 bits per heavy atom. The molecule has 20 heavy (non-hydrogen) atoms. The van der Waals surface area contributed by atoms with Gasteiger partial charge >= 0.3 is 0 Å². The third-order valence-electron chi connectivity index (χ3n) is 4.22. The van der Waals surface area contributed by atoms with E-state index in [2.05, 4.69) is 5.32 Å². The smallest absolute Gasteiger partial charge is 0.161 e. The Bertz CT molecular complexity index is 467. The summed E-state index contributed by atoms with van der Waals surface area (Å²) in [6.45, 7) is 4.11. The summed E-state index contributed by atoms with van der Waals surface area (Å²) in [6, 6.07) is 6.15. The molecular weight excluding hydrogens is 254 g/mol. The topological polar surface area (TPSA) is 50.7 Å². The zero-order valence-corrected chi connectivity index (χ0v) is 12.0. The van der Waals surface area contributed by atoms with Gasteiger partial charge in [-0.25, -0.2) is 0 Å². The van der Waals surface area contributed by atoms with Crippen LogP contribution in [0.1, 0.15) is 38.2 Å². The van der Waals surface area contributed by atoms with E-state index in [1.807, 2.05) is 25.1 Å². The van der Waals surface area contributed by atoms with Gasteiger partial charge in [-0.3, -0.25) is 0 Å². The number of hydrogen-bond acceptors (Lipinski definition) is 4. The summed E-state index contributed by atoms with van der Waals surface area (Å²) < 4.78 is 11.1. The molecule has 2 N–H and O–H groups in total. The average Bonchev–Trinajstić information content (AvgIpc) is 2.47. The Labute approximate surface area is 120 Å². The second-order valence-corrected chi connectivity index (χ2v) is 5.98. The van der Waals surface area contributed by atoms with Gasteiger partial charge in [0.05, 0.1) is 5.60 Å². The lowest BCUT2D eigenvalue weighted by molar-refractivity contribution is 0.0327. The Balaban J connectivity index is 1.75. The maximum Gasteiger partial charge on any atom is 0.161 e. The predicted octanol–water partition coefficient (Wildman–Crippen LogP) is 2.20. The largest absolute Gasteiger partial charge is 0.486 e. The van der Waals surface area contributed by atoms with Crippen LogP contribution in [0.15, 0.2) is 18.2 Å². The first-order valence-corrected chi connectivity index (χ1v) is 7.51. The highest BCUT2D eigenvalue weighted by Crippen LogP contribution is 2.36. The van der Waals surface area contributed by atoms with Crippen LogP contribution in [0.4, 0.5) is 0 Å². The molecule has 1 aromatic rings. The molecule has 4 nitrogen and oxygen atoms in total. The normalized spacial score (nSPS) is 25.0. The van der Waals surface area contributed by atoms with Crippen LogP contribution in [0.5, 0.6) is 11.5 Å². The first-order valence-electron chi connectivity index (χ1n) is 7.51. The van der Waals surface area contributed by atoms with Crippen LogP contribution in [0.2, 0.25) is 0 Å². The van der Waals surface area contributed by atoms with Crippen molar-refractivity contribution in [1.29, 1.82) is 0 Å². The maximum atomic E-state index is 10.8. The zero-order chi connectivity index (χ0) is 14.0. The van der Waals surface area contributed by atoms with Crippen LogP contribution in [0.25, 0.3) is 0 Å². The first-order chi connectivity index (χ1) is 9.65. The van der Waals surface area contributed by atoms with Gasteiger partial charge in [0, 0.05) is 6.04 Å². The van der Waals surface area contributed by atoms with Crippen molar-refractivity contribution < 1.29 is 14.6 Å². The fraction of sp³-hybridized carbons (Fsp3) is 0.625. The molecule has 0 aromatic heterocycles. The Hall–Kier alpha value is -1.26. The molecule has 0 spiro atoms. The third kappa shape index (κ3) is 2.91. The van der Waals surface area contributed by atoms with Crippen molar-refractivity contribution in [3.63, 3.8) is 0 Å². The number of piperidine rings is 1. The average molecular weight is 277 g/mol. The third-order valence-corrected chi connectivity index (χ3v) is 4.22. The van der Waals surface area contributed by atoms with Crippen LogP contribution in [-0.4, -0.2) is 30.9 Å². The number of aliphatic hydroxyl groups is 1. The molecule has 0 saturated carbocycles. The van der Waals surface area contributed by atoms with E-state index in [9.17, 15) is 5.11 Å². The summed E-state index contributed by atoms with van der Waals surface area (Å²) in [5.74, 6) is 1.51. The van der Waals surface area contributed by atoms with E-state index >= 15 is 0 Å². The lowest BCUT2D eigenvalue weighted by Crippen LogP contribution is -2.39. The summed E-state index contributed by atoms with van der Waals surface area (Å²) in [7, 11) is 0. The van der Waals surface area contributed by atoms with Gasteiger partial charge in [-0.2, -0.15) is 0 Å². The molecule has 0 radical (unpaired) electrons. The van der Waals surface area contributed by atoms with Crippen LogP contribution < -0.4 is 14.8 Å². The lowest BCUT2D eigenvalue weighted by Gasteiger charge is -2.32. The number of fused-ring (bicyclic) bond motifs is 1. The van der Waals surface area contributed by atoms with Gasteiger partial charge in [-0.1, -0.05) is 12.5 Å². The number of hydrogen-bond donors (Lipinski definition) is 2. The Kier molecular flexibility index (Phi) is 3.85. The summed E-state index contributed by atoms with van der Waals surface area (Å²) in [4.78, 5) is 0. The van der Waals surface area contributed by atoms with Crippen molar-refractivity contribution >= 4 is 0 Å². The molecule has 2 atom stereocenters. The number of rotatable bonds is 3. The SMILES string of the molecule is CC(O)(CC1CCCCN1)c1ccc2c(c1)OCCO2. The molecule has 4 heteroatoms. The van der Waals surface area contributed by atoms with Crippen molar-refractivity contribution in [2.45, 2.75) is 44.2 Å². The maximum absolute atomic E-state index is 10.8. The van der Waals surface area contributed by atoms with Gasteiger partial charge in [0.2, 0.25) is 0 Å². The van der Waals surface area contributed by atoms with Crippen molar-refractivity contribution in [3.05, 3.63) is 23.8 Å². The van der Waals surface area contributed by atoms with Gasteiger partial charge in [0.25, 0.3) is 0 Å². The minimum atomic E-state index is -0.842. The fourth-order valence-electron chi connectivity index (χ4n) is 3.07. The minimum Gasteiger partial charge on any atom is -0.486 e. The Morgan fingerprint density at radius 3 is 2.80 bits per heavy atom. The zero-order valence-electron chi connectivity index (χ0n) is 12.0. The standard InChI is InChI=1S/C16H23NO3/c1-16(18,11-13-4-2-3-7-17-13)12-5-6-14-15(10-12)20-9-8-19-14/h5-6,10,13,17-18H,2-4,7-9,11H2,1H3. The second-order valence-electron chi connectivity index (χ2n) is 5.98. The molecule has 1 fully saturated rings. The quantitative estimate of drug-likeness (QED) is 0.889. The second kappa shape index (κ2) is 5.62. The van der Waals surface area contributed by atoms with Crippen molar-refractivity contribution in [2.24, 2.45) is 0 Å². The first kappa shape index (κ1) is 13.7. The fourth-order valence-corrected chi connectivity index (χ4v) is 3.07. The van der Waals surface area contributed by atoms with E-state index < -0.39 is 5.60 Å². The molecule has 0 bridgehead atoms. The molecule has 0 aliphatic carbocycles. The van der Waals surface area contributed by atoms with E-state index in [4.69, 9.17) is 9.47 Å². The van der Waals surface area contributed by atoms with Crippen LogP contribution in [0, 0.1) is 0 Å². The van der Waals surface area contributed by atoms with Gasteiger partial charge in [-0.05, 0) is 50.4 Å². The Morgan fingerprint density at radius 1 is 1.25 bits per heavy atom. The lowest BCUT2D eigenvalue weighted by atomic mass is 9.86. The van der Waals surface area contributed by atoms with E-state index in [-0.39, 0.29) is 0 Å². The summed E-state index contributed by atoms with van der Waals surface area (Å²) in [5, 5.41) is 14.3. The van der Waals surface area contributed by atoms with Crippen molar-refractivity contribution in [3.8, 4) is 11.5 Å². The van der Waals surface area contributed by atoms with Gasteiger partial charge in [0.1, 0.15) is 13.2 Å². The monoisotopic (exact) mass is 277 g/mol. The van der Waals surface area contributed by atoms with Crippen molar-refractivity contribution in [2.75, 3.05) is 19.8 Å². The van der Waals surface area contributed by atoms with E-state index in [1.165, 1.54) is 12.8 Å². The highest BCUT2D eigenvalue weighted by Gasteiger charge is 2.29. The number of benzene rings is 1. The molecule has 2 unspecified atom stereocenters. The van der Waals surface area contributed by atoms with Gasteiger partial charge < -0.3 is 19.9 Å². The van der Waals surface area contributed by atoms with Crippen molar-refractivity contribution in [1.82, 2.24) is 5.32 Å². The summed E-state index contributed by atoms with van der Waals surface area (Å²) >= 11 is 0. The van der Waals surface area contributed by atoms with Gasteiger partial charge in [-0.15, -0.1) is 0 Å². The molecule has 2 heterocycles. The molecule has 1 saturated heterocycles. The molecular formula is C16H23NO3. The van der Waals surface area contributed by atoms with Gasteiger partial charge in [0.15, 0.2) is 11.5 Å². The summed E-state index contributed by atoms with van der Waals surface area (Å²) in [5.41, 5.74) is 0.0549. The highest BCUT2D eigenvalue weighted by atomic mass is 16.6. The molecule has 2 aliphatic rings. The van der Waals surface area contributed by atoms with Crippen LogP contribution >= 0.6 is 0 Å². The predicted molar refractivity (Wildman–Crippen MR) is 77.3 cm³/mol. The molecule has 3 rings (SSSR count). The highest BCUT2D eigenvalue weighted by molar-refractivity contribution is 5.45. The molecule has 1 aromatic carbocycles. The minimum absolute atomic E-state index is 0.395. The number of ether oxygens (including phenoxy) is 2. The van der Waals surface area contributed by atoms with E-state index in [1.54, 1.807) is 0 Å².